The topological polar surface area (TPSA) is 648 Å². The van der Waals surface area contributed by atoms with Gasteiger partial charge >= 0.3 is 5.97 Å². The molecule has 0 radical (unpaired) electrons. The number of nitrogens with one attached hydrogen (secondary N) is 14. The van der Waals surface area contributed by atoms with Gasteiger partial charge in [0.25, 0.3) is 0 Å². The molecule has 2 aromatic rings. The minimum absolute atomic E-state index is 0.00264. The van der Waals surface area contributed by atoms with Crippen LogP contribution >= 0.6 is 0 Å². The highest BCUT2D eigenvalue weighted by molar-refractivity contribution is 6.00. The van der Waals surface area contributed by atoms with E-state index >= 15 is 0 Å². The van der Waals surface area contributed by atoms with Crippen LogP contribution in [-0.4, -0.2) is 225 Å². The molecule has 2 rings (SSSR count). The molecule has 0 aliphatic carbocycles. The van der Waals surface area contributed by atoms with Crippen molar-refractivity contribution >= 4 is 111 Å². The van der Waals surface area contributed by atoms with Crippen LogP contribution in [0.5, 0.6) is 0 Å². The lowest BCUT2D eigenvalue weighted by Gasteiger charge is -2.30. The van der Waals surface area contributed by atoms with Gasteiger partial charge in [0.1, 0.15) is 72.5 Å². The Kier molecular flexibility index (Phi) is 42.9. The Balaban J connectivity index is 2.45. The molecule has 0 saturated carbocycles. The van der Waals surface area contributed by atoms with Crippen molar-refractivity contribution in [3.63, 3.8) is 0 Å². The van der Waals surface area contributed by atoms with E-state index in [-0.39, 0.29) is 69.3 Å². The van der Waals surface area contributed by atoms with Gasteiger partial charge in [0, 0.05) is 42.9 Å². The van der Waals surface area contributed by atoms with Gasteiger partial charge in [0.2, 0.25) is 88.6 Å². The van der Waals surface area contributed by atoms with Gasteiger partial charge in [-0.2, -0.15) is 0 Å². The Morgan fingerprint density at radius 3 is 1.35 bits per heavy atom. The van der Waals surface area contributed by atoms with Crippen molar-refractivity contribution in [2.45, 2.75) is 272 Å². The van der Waals surface area contributed by atoms with Crippen molar-refractivity contribution in [1.82, 2.24) is 74.1 Å². The molecule has 0 aliphatic heterocycles. The van der Waals surface area contributed by atoms with E-state index in [0.29, 0.717) is 22.9 Å². The summed E-state index contributed by atoms with van der Waals surface area (Å²) in [6.45, 7) is 23.2. The second kappa shape index (κ2) is 49.1. The van der Waals surface area contributed by atoms with Crippen LogP contribution < -0.4 is 97.8 Å². The van der Waals surface area contributed by atoms with Crippen LogP contribution in [0.4, 0.5) is 0 Å². The van der Waals surface area contributed by atoms with E-state index < -0.39 is 241 Å². The monoisotopic (exact) mass is 1610 g/mol. The number of guanidine groups is 1. The van der Waals surface area contributed by atoms with E-state index in [9.17, 15) is 92.0 Å². The number of amides is 15. The number of aliphatic carboxylic acids is 1. The maximum atomic E-state index is 14.4. The fourth-order valence-electron chi connectivity index (χ4n) is 11.9. The highest BCUT2D eigenvalue weighted by Gasteiger charge is 2.40. The summed E-state index contributed by atoms with van der Waals surface area (Å²) in [6, 6.07) is -12.1. The number of rotatable bonds is 52. The predicted octanol–water partition coefficient (Wildman–Crippen LogP) is -3.69. The molecule has 1 aromatic heterocycles. The zero-order chi connectivity index (χ0) is 86.7. The molecule has 0 bridgehead atoms. The van der Waals surface area contributed by atoms with Crippen LogP contribution in [0.2, 0.25) is 0 Å². The van der Waals surface area contributed by atoms with Gasteiger partial charge < -0.3 is 118 Å². The molecule has 0 fully saturated rings. The number of carboxylic acid groups (broad SMARTS) is 1. The molecule has 114 heavy (non-hydrogen) atoms. The number of carbonyl (C=O) groups excluding carboxylic acids is 15. The number of aliphatic imine (C=N–C) groups is 1. The van der Waals surface area contributed by atoms with E-state index in [1.165, 1.54) is 13.8 Å². The summed E-state index contributed by atoms with van der Waals surface area (Å²) in [4.78, 5) is 226. The van der Waals surface area contributed by atoms with E-state index in [2.05, 4.69) is 79.1 Å². The number of nitrogens with zero attached hydrogens (tertiary/aromatic N) is 1. The highest BCUT2D eigenvalue weighted by Crippen LogP contribution is 2.21. The van der Waals surface area contributed by atoms with Crippen molar-refractivity contribution in [2.24, 2.45) is 69.2 Å². The molecule has 0 spiro atoms. The normalized spacial score (nSPS) is 15.9. The third-order valence-electron chi connectivity index (χ3n) is 18.8. The van der Waals surface area contributed by atoms with Gasteiger partial charge in [-0.15, -0.1) is 0 Å². The molecule has 39 nitrogen and oxygen atoms in total. The number of aliphatic hydroxyl groups excluding tert-OH is 2. The molecule has 27 N–H and O–H groups in total. The maximum absolute atomic E-state index is 14.4. The van der Waals surface area contributed by atoms with E-state index in [1.807, 2.05) is 13.8 Å². The SMILES string of the molecule is CC[C@H](C)[C@H](NC(=O)CNC(=O)[C@H](Cc1c[nH]c2ccccc12)NC(=O)[C@@H](NC(=O)[C@@H](NC(=O)[C@@H](N)CC(C)C)[C@@H](C)O)C(C)C)C(=O)N[C@H](C(=O)N[C@@H](CCC(N)=O)C(=O)N[C@@H](CC(C)C)C(=O)N[C@@H](CCC(N)=O)C(=O)N[C@@H](C)C(=O)N[C@@H](CCCN=C(N)N)C(=O)N[C@H](C(=O)N[C@@H](CC(C)C)C(=O)O)[C@@H](C)CC)[C@@H](C)O. The molecule has 1 heterocycles. The number of aromatic amines is 1. The number of aliphatic hydroxyl groups is 2. The predicted molar refractivity (Wildman–Crippen MR) is 422 cm³/mol. The summed E-state index contributed by atoms with van der Waals surface area (Å²) in [6.07, 6.45) is -3.01. The molecular formula is C75H126N20O19. The van der Waals surface area contributed by atoms with Gasteiger partial charge in [-0.3, -0.25) is 76.9 Å². The van der Waals surface area contributed by atoms with Crippen molar-refractivity contribution in [3.8, 4) is 0 Å². The summed E-state index contributed by atoms with van der Waals surface area (Å²) < 4.78 is 0. The number of carbonyl (C=O) groups is 16. The highest BCUT2D eigenvalue weighted by atomic mass is 16.4. The van der Waals surface area contributed by atoms with Crippen LogP contribution in [0.25, 0.3) is 10.9 Å². The van der Waals surface area contributed by atoms with Crippen LogP contribution in [0, 0.1) is 35.5 Å². The van der Waals surface area contributed by atoms with Crippen LogP contribution in [0.3, 0.4) is 0 Å². The molecule has 15 amide bonds. The Morgan fingerprint density at radius 2 is 0.842 bits per heavy atom. The maximum Gasteiger partial charge on any atom is 0.326 e. The fourth-order valence-corrected chi connectivity index (χ4v) is 11.9. The van der Waals surface area contributed by atoms with Gasteiger partial charge in [-0.25, -0.2) is 4.79 Å². The summed E-state index contributed by atoms with van der Waals surface area (Å²) in [5.41, 5.74) is 29.3. The molecule has 17 atom stereocenters. The first-order chi connectivity index (χ1) is 53.2. The average Bonchev–Trinajstić information content (AvgIpc) is 1.61. The van der Waals surface area contributed by atoms with Crippen molar-refractivity contribution in [3.05, 3.63) is 36.0 Å². The minimum atomic E-state index is -1.90. The van der Waals surface area contributed by atoms with Crippen LogP contribution in [0.15, 0.2) is 35.5 Å². The van der Waals surface area contributed by atoms with E-state index in [4.69, 9.17) is 28.7 Å². The van der Waals surface area contributed by atoms with Gasteiger partial charge in [0.15, 0.2) is 5.96 Å². The van der Waals surface area contributed by atoms with Gasteiger partial charge in [-0.1, -0.05) is 114 Å². The number of hydrogen-bond acceptors (Lipinski definition) is 20. The molecule has 0 aliphatic rings. The molecule has 0 saturated heterocycles. The van der Waals surface area contributed by atoms with Gasteiger partial charge in [-0.05, 0) is 113 Å². The standard InChI is InChI=1S/C75H126N20O19/c1-16-39(11)58(91-56(100)34-83-64(103)52(32-44-33-82-47-22-19-18-21-45(44)47)89-69(108)57(38(9)10)92-73(112)61(43(15)97)94-63(102)46(76)29-35(3)4)71(110)95-60(42(14)96)72(111)87-50(25-27-55(78)99)66(105)88-51(30-36(5)6)68(107)86-49(24-26-54(77)98)65(104)84-41(13)62(101)85-48(23-20-28-81-75(79)80)67(106)93-59(40(12)17-2)70(109)90-53(74(113)114)31-37(7)8/h18-19,21-22,33,35-43,46,48-53,57-61,82,96-97H,16-17,20,23-32,34,76H2,1-15H3,(H2,77,98)(H2,78,99)(H,83,103)(H,84,104)(H,85,101)(H,86,107)(H,87,111)(H,88,105)(H,89,108)(H,90,109)(H,91,100)(H,92,112)(H,93,106)(H,94,102)(H,95,110)(H,113,114)(H4,79,80,81)/t39-,40-,41-,42+,43+,46-,48-,49-,50-,51-,52-,53-,57-,58-,59-,60-,61-/m0/s1. The summed E-state index contributed by atoms with van der Waals surface area (Å²) >= 11 is 0. The lowest BCUT2D eigenvalue weighted by atomic mass is 9.96. The molecule has 0 unspecified atom stereocenters. The minimum Gasteiger partial charge on any atom is -0.480 e. The largest absolute Gasteiger partial charge is 0.480 e. The summed E-state index contributed by atoms with van der Waals surface area (Å²) in [5.74, 6) is -18.2. The Labute approximate surface area is 664 Å². The van der Waals surface area contributed by atoms with Crippen molar-refractivity contribution < 1.29 is 92.0 Å². The number of aromatic nitrogens is 1. The average molecular weight is 1610 g/mol. The third kappa shape index (κ3) is 34.8. The lowest BCUT2D eigenvalue weighted by molar-refractivity contribution is -0.143. The Bertz CT molecular complexity index is 3640. The van der Waals surface area contributed by atoms with E-state index in [0.717, 1.165) is 6.92 Å². The Morgan fingerprint density at radius 1 is 0.439 bits per heavy atom. The van der Waals surface area contributed by atoms with Crippen molar-refractivity contribution in [2.75, 3.05) is 13.1 Å². The number of carboxylic acids is 1. The number of para-hydroxylation sites is 1. The number of fused-ring (bicyclic) bond motifs is 1. The number of primary amides is 2. The zero-order valence-electron chi connectivity index (χ0n) is 68.1. The summed E-state index contributed by atoms with van der Waals surface area (Å²) in [5, 5.41) is 64.9. The first-order valence-electron chi connectivity index (χ1n) is 38.7. The number of hydrogen-bond donors (Lipinski definition) is 22. The van der Waals surface area contributed by atoms with Crippen LogP contribution in [-0.2, 0) is 83.1 Å². The van der Waals surface area contributed by atoms with Gasteiger partial charge in [0.05, 0.1) is 24.8 Å². The molecular weight excluding hydrogens is 1480 g/mol. The van der Waals surface area contributed by atoms with Crippen LogP contribution in [0.1, 0.15) is 180 Å². The molecule has 1 aromatic carbocycles. The third-order valence-corrected chi connectivity index (χ3v) is 18.8. The second-order valence-electron chi connectivity index (χ2n) is 30.7. The zero-order valence-corrected chi connectivity index (χ0v) is 68.1. The van der Waals surface area contributed by atoms with E-state index in [1.54, 1.807) is 99.7 Å². The second-order valence-corrected chi connectivity index (χ2v) is 30.7. The smallest absolute Gasteiger partial charge is 0.326 e. The summed E-state index contributed by atoms with van der Waals surface area (Å²) in [7, 11) is 0. The number of H-pyrrole nitrogens is 1. The first kappa shape index (κ1) is 99.5. The number of nitrogens with two attached hydrogens (primary N) is 5. The fraction of sp³-hybridized carbons (Fsp3) is 0.667. The quantitative estimate of drug-likeness (QED) is 0.0172. The number of benzene rings is 1. The lowest BCUT2D eigenvalue weighted by Crippen LogP contribution is -2.62. The Hall–Kier alpha value is -10.6. The first-order valence-corrected chi connectivity index (χ1v) is 38.7. The molecule has 640 valence electrons. The molecule has 39 heteroatoms. The van der Waals surface area contributed by atoms with Crippen molar-refractivity contribution in [1.29, 1.82) is 0 Å².